The maximum Gasteiger partial charge on any atom is 0.257 e. The highest BCUT2D eigenvalue weighted by Gasteiger charge is 2.19. The fourth-order valence-corrected chi connectivity index (χ4v) is 4.65. The van der Waals surface area contributed by atoms with Gasteiger partial charge in [0.05, 0.1) is 0 Å². The largest absolute Gasteiger partial charge is 0.434 e. The van der Waals surface area contributed by atoms with Crippen LogP contribution in [-0.4, -0.2) is 19.9 Å². The monoisotopic (exact) mass is 376 g/mol. The van der Waals surface area contributed by atoms with E-state index < -0.39 is 0 Å². The molecule has 4 aromatic heterocycles. The fourth-order valence-electron chi connectivity index (χ4n) is 2.75. The average Bonchev–Trinajstić information content (AvgIpc) is 3.40. The summed E-state index contributed by atoms with van der Waals surface area (Å²) in [6.45, 7) is 0. The van der Waals surface area contributed by atoms with E-state index in [-0.39, 0.29) is 0 Å². The first kappa shape index (κ1) is 14.1. The predicted octanol–water partition coefficient (Wildman–Crippen LogP) is 5.37. The van der Waals surface area contributed by atoms with E-state index in [1.807, 2.05) is 48.5 Å². The van der Waals surface area contributed by atoms with Crippen molar-refractivity contribution in [1.29, 1.82) is 0 Å². The van der Waals surface area contributed by atoms with Crippen LogP contribution in [0.1, 0.15) is 0 Å². The summed E-state index contributed by atoms with van der Waals surface area (Å²) >= 11 is 2.90. The van der Waals surface area contributed by atoms with E-state index in [9.17, 15) is 0 Å². The molecule has 0 aliphatic carbocycles. The zero-order valence-corrected chi connectivity index (χ0v) is 14.7. The lowest BCUT2D eigenvalue weighted by atomic mass is 10.3. The van der Waals surface area contributed by atoms with E-state index in [2.05, 4.69) is 19.9 Å². The van der Waals surface area contributed by atoms with Gasteiger partial charge in [-0.2, -0.15) is 0 Å². The van der Waals surface area contributed by atoms with Gasteiger partial charge < -0.3 is 8.83 Å². The molecule has 6 rings (SSSR count). The topological polar surface area (TPSA) is 77.8 Å². The highest BCUT2D eigenvalue weighted by Crippen LogP contribution is 2.37. The van der Waals surface area contributed by atoms with Crippen LogP contribution >= 0.6 is 22.7 Å². The van der Waals surface area contributed by atoms with Crippen LogP contribution in [0.4, 0.5) is 0 Å². The molecule has 0 bridgehead atoms. The third kappa shape index (κ3) is 2.09. The molecule has 0 saturated carbocycles. The number of fused-ring (bicyclic) bond motifs is 3. The van der Waals surface area contributed by atoms with Gasteiger partial charge in [0.25, 0.3) is 11.8 Å². The first-order valence-electron chi connectivity index (χ1n) is 7.83. The third-order valence-corrected chi connectivity index (χ3v) is 5.93. The summed E-state index contributed by atoms with van der Waals surface area (Å²) in [7, 11) is 0. The fraction of sp³-hybridized carbons (Fsp3) is 0. The third-order valence-electron chi connectivity index (χ3n) is 3.93. The van der Waals surface area contributed by atoms with Crippen molar-refractivity contribution < 1.29 is 8.83 Å². The van der Waals surface area contributed by atoms with Crippen molar-refractivity contribution in [2.45, 2.75) is 0 Å². The van der Waals surface area contributed by atoms with Crippen molar-refractivity contribution in [1.82, 2.24) is 19.9 Å². The quantitative estimate of drug-likeness (QED) is 0.404. The second-order valence-electron chi connectivity index (χ2n) is 5.62. The Morgan fingerprint density at radius 2 is 1.04 bits per heavy atom. The standard InChI is InChI=1S/C18H8N4O2S2/c1-3-7-11-9(5-1)19-13(23-11)15-21-17-18(25-15)22-16(26-17)14-20-10-6-2-4-8-12(10)24-14/h1-8H. The summed E-state index contributed by atoms with van der Waals surface area (Å²) in [6.07, 6.45) is 0. The molecule has 0 saturated heterocycles. The van der Waals surface area contributed by atoms with Crippen molar-refractivity contribution in [3.05, 3.63) is 48.5 Å². The van der Waals surface area contributed by atoms with E-state index in [1.54, 1.807) is 0 Å². The van der Waals surface area contributed by atoms with E-state index in [4.69, 9.17) is 8.83 Å². The molecular weight excluding hydrogens is 368 g/mol. The van der Waals surface area contributed by atoms with E-state index >= 15 is 0 Å². The van der Waals surface area contributed by atoms with Crippen molar-refractivity contribution in [3.63, 3.8) is 0 Å². The van der Waals surface area contributed by atoms with Crippen molar-refractivity contribution in [2.24, 2.45) is 0 Å². The van der Waals surface area contributed by atoms with Crippen LogP contribution in [0, 0.1) is 0 Å². The lowest BCUT2D eigenvalue weighted by Crippen LogP contribution is -1.74. The molecule has 0 radical (unpaired) electrons. The maximum atomic E-state index is 5.79. The number of thiazole rings is 2. The van der Waals surface area contributed by atoms with Crippen LogP contribution < -0.4 is 0 Å². The van der Waals surface area contributed by atoms with Crippen LogP contribution in [-0.2, 0) is 0 Å². The normalized spacial score (nSPS) is 11.8. The lowest BCUT2D eigenvalue weighted by Gasteiger charge is -1.86. The number of rotatable bonds is 2. The summed E-state index contributed by atoms with van der Waals surface area (Å²) in [4.78, 5) is 19.9. The van der Waals surface area contributed by atoms with Gasteiger partial charge in [0.2, 0.25) is 0 Å². The lowest BCUT2D eigenvalue weighted by molar-refractivity contribution is 0.619. The second-order valence-corrected chi connectivity index (χ2v) is 7.58. The zero-order valence-electron chi connectivity index (χ0n) is 13.0. The first-order chi connectivity index (χ1) is 12.8. The highest BCUT2D eigenvalue weighted by atomic mass is 32.1. The van der Waals surface area contributed by atoms with Gasteiger partial charge in [0, 0.05) is 0 Å². The Morgan fingerprint density at radius 3 is 1.50 bits per heavy atom. The van der Waals surface area contributed by atoms with Crippen LogP contribution in [0.15, 0.2) is 57.4 Å². The molecule has 0 unspecified atom stereocenters. The van der Waals surface area contributed by atoms with Gasteiger partial charge in [-0.3, -0.25) is 0 Å². The molecule has 2 aromatic carbocycles. The Hall–Kier alpha value is -3.10. The molecule has 0 fully saturated rings. The Labute approximate surface area is 153 Å². The molecule has 0 atom stereocenters. The Bertz CT molecular complexity index is 1210. The van der Waals surface area contributed by atoms with Gasteiger partial charge in [-0.15, -0.1) is 0 Å². The summed E-state index contributed by atoms with van der Waals surface area (Å²) < 4.78 is 11.6. The highest BCUT2D eigenvalue weighted by molar-refractivity contribution is 7.29. The van der Waals surface area contributed by atoms with Crippen LogP contribution in [0.2, 0.25) is 0 Å². The number of hydrogen-bond donors (Lipinski definition) is 0. The van der Waals surface area contributed by atoms with Crippen LogP contribution in [0.25, 0.3) is 53.7 Å². The van der Waals surface area contributed by atoms with Crippen LogP contribution in [0.3, 0.4) is 0 Å². The molecule has 4 heterocycles. The molecule has 0 spiro atoms. The van der Waals surface area contributed by atoms with Crippen molar-refractivity contribution in [2.75, 3.05) is 0 Å². The number of nitrogens with zero attached hydrogens (tertiary/aromatic N) is 4. The molecule has 26 heavy (non-hydrogen) atoms. The van der Waals surface area contributed by atoms with Gasteiger partial charge >= 0.3 is 0 Å². The molecule has 0 aliphatic heterocycles. The molecule has 6 aromatic rings. The number of benzene rings is 2. The molecule has 0 aliphatic rings. The second kappa shape index (κ2) is 5.20. The Morgan fingerprint density at radius 1 is 0.577 bits per heavy atom. The van der Waals surface area contributed by atoms with Gasteiger partial charge in [-0.1, -0.05) is 46.9 Å². The zero-order chi connectivity index (χ0) is 17.1. The predicted molar refractivity (Wildman–Crippen MR) is 101 cm³/mol. The average molecular weight is 376 g/mol. The molecular formula is C18H8N4O2S2. The summed E-state index contributed by atoms with van der Waals surface area (Å²) in [5.74, 6) is 1.04. The molecule has 0 amide bonds. The SMILES string of the molecule is c1ccc2oc(-c3nc4sc(-c5nc6ccccc6o5)nc4s3)nc2c1. The molecule has 124 valence electrons. The Balaban J connectivity index is 1.44. The van der Waals surface area contributed by atoms with Gasteiger partial charge in [0.15, 0.2) is 30.8 Å². The van der Waals surface area contributed by atoms with E-state index in [1.165, 1.54) is 22.7 Å². The molecule has 6 nitrogen and oxygen atoms in total. The Kier molecular flexibility index (Phi) is 2.82. The van der Waals surface area contributed by atoms with E-state index in [0.717, 1.165) is 41.9 Å². The molecule has 8 heteroatoms. The number of hydrogen-bond acceptors (Lipinski definition) is 8. The summed E-state index contributed by atoms with van der Waals surface area (Å²) in [6, 6.07) is 15.3. The number of aromatic nitrogens is 4. The minimum Gasteiger partial charge on any atom is -0.434 e. The number of para-hydroxylation sites is 4. The van der Waals surface area contributed by atoms with Gasteiger partial charge in [-0.05, 0) is 24.3 Å². The molecule has 0 N–H and O–H groups in total. The number of oxazole rings is 2. The minimum absolute atomic E-state index is 0.518. The summed E-state index contributed by atoms with van der Waals surface area (Å²) in [5, 5.41) is 1.44. The minimum atomic E-state index is 0.518. The summed E-state index contributed by atoms with van der Waals surface area (Å²) in [5.41, 5.74) is 3.14. The van der Waals surface area contributed by atoms with Crippen molar-refractivity contribution in [3.8, 4) is 21.8 Å². The van der Waals surface area contributed by atoms with Gasteiger partial charge in [0.1, 0.15) is 11.0 Å². The van der Waals surface area contributed by atoms with Crippen LogP contribution in [0.5, 0.6) is 0 Å². The van der Waals surface area contributed by atoms with Crippen molar-refractivity contribution >= 4 is 54.5 Å². The maximum absolute atomic E-state index is 5.79. The smallest absolute Gasteiger partial charge is 0.257 e. The first-order valence-corrected chi connectivity index (χ1v) is 9.46. The van der Waals surface area contributed by atoms with Gasteiger partial charge in [-0.25, -0.2) is 19.9 Å². The van der Waals surface area contributed by atoms with E-state index in [0.29, 0.717) is 11.8 Å².